The van der Waals surface area contributed by atoms with Crippen LogP contribution in [0, 0.1) is 0 Å². The molecule has 1 N–H and O–H groups in total. The van der Waals surface area contributed by atoms with Crippen molar-refractivity contribution in [3.63, 3.8) is 0 Å². The van der Waals surface area contributed by atoms with Gasteiger partial charge in [-0.15, -0.1) is 5.10 Å². The second-order valence-corrected chi connectivity index (χ2v) is 4.66. The Morgan fingerprint density at radius 3 is 2.88 bits per heavy atom. The first-order chi connectivity index (χ1) is 8.35. The molecule has 0 spiro atoms. The van der Waals surface area contributed by atoms with Gasteiger partial charge < -0.3 is 10.2 Å². The Kier molecular flexibility index (Phi) is 4.31. The van der Waals surface area contributed by atoms with E-state index in [0.29, 0.717) is 6.04 Å². The highest BCUT2D eigenvalue weighted by Crippen LogP contribution is 2.24. The summed E-state index contributed by atoms with van der Waals surface area (Å²) in [4.78, 5) is 2.42. The van der Waals surface area contributed by atoms with E-state index in [2.05, 4.69) is 39.5 Å². The normalized spacial score (nSPS) is 20.6. The van der Waals surface area contributed by atoms with Gasteiger partial charge in [0.2, 0.25) is 0 Å². The molecule has 1 aromatic heterocycles. The zero-order chi connectivity index (χ0) is 12.1. The van der Waals surface area contributed by atoms with Crippen LogP contribution >= 0.6 is 0 Å². The molecule has 94 valence electrons. The molecule has 1 fully saturated rings. The van der Waals surface area contributed by atoms with E-state index in [9.17, 15) is 0 Å². The molecule has 1 aromatic rings. The van der Waals surface area contributed by atoms with Gasteiger partial charge in [-0.3, -0.25) is 0 Å². The van der Waals surface area contributed by atoms with Crippen LogP contribution in [0.3, 0.4) is 0 Å². The van der Waals surface area contributed by atoms with E-state index in [4.69, 9.17) is 0 Å². The molecule has 1 unspecified atom stereocenters. The van der Waals surface area contributed by atoms with Crippen molar-refractivity contribution in [3.8, 4) is 0 Å². The molecule has 17 heavy (non-hydrogen) atoms. The van der Waals surface area contributed by atoms with Crippen molar-refractivity contribution in [2.24, 2.45) is 0 Å². The van der Waals surface area contributed by atoms with E-state index in [1.54, 1.807) is 0 Å². The van der Waals surface area contributed by atoms with Crippen LogP contribution in [-0.2, 0) is 6.54 Å². The van der Waals surface area contributed by atoms with E-state index in [-0.39, 0.29) is 0 Å². The quantitative estimate of drug-likeness (QED) is 0.864. The van der Waals surface area contributed by atoms with Crippen LogP contribution in [0.5, 0.6) is 0 Å². The fourth-order valence-corrected chi connectivity index (χ4v) is 2.51. The summed E-state index contributed by atoms with van der Waals surface area (Å²) in [5.41, 5.74) is 1.00. The number of hydrogen-bond acceptors (Lipinski definition) is 4. The Labute approximate surface area is 103 Å². The molecular weight excluding hydrogens is 212 g/mol. The number of rotatable bonds is 4. The maximum absolute atomic E-state index is 4.36. The van der Waals surface area contributed by atoms with Crippen molar-refractivity contribution in [2.45, 2.75) is 45.2 Å². The average molecular weight is 234 g/mol. The van der Waals surface area contributed by atoms with Gasteiger partial charge in [0.05, 0.1) is 5.69 Å². The van der Waals surface area contributed by atoms with Crippen molar-refractivity contribution in [1.29, 1.82) is 0 Å². The van der Waals surface area contributed by atoms with Crippen LogP contribution in [-0.4, -0.2) is 29.8 Å². The third-order valence-corrected chi connectivity index (χ3v) is 3.46. The monoisotopic (exact) mass is 234 g/mol. The molecule has 2 rings (SSSR count). The standard InChI is InChI=1S/C13H22N4/c1-3-12-6-4-5-9-17(12)13-8-7-11(10-14-2)15-16-13/h7-8,12,14H,3-6,9-10H2,1-2H3. The minimum absolute atomic E-state index is 0.646. The van der Waals surface area contributed by atoms with Gasteiger partial charge in [-0.1, -0.05) is 6.92 Å². The van der Waals surface area contributed by atoms with E-state index < -0.39 is 0 Å². The lowest BCUT2D eigenvalue weighted by atomic mass is 10.0. The molecule has 1 aliphatic heterocycles. The van der Waals surface area contributed by atoms with Crippen LogP contribution in [0.1, 0.15) is 38.3 Å². The van der Waals surface area contributed by atoms with Gasteiger partial charge in [-0.25, -0.2) is 0 Å². The lowest BCUT2D eigenvalue weighted by Crippen LogP contribution is -2.39. The molecule has 1 atom stereocenters. The summed E-state index contributed by atoms with van der Waals surface area (Å²) in [6.45, 7) is 4.16. The molecule has 0 bridgehead atoms. The molecule has 0 aromatic carbocycles. The predicted octanol–water partition coefficient (Wildman–Crippen LogP) is 1.96. The molecule has 0 saturated carbocycles. The largest absolute Gasteiger partial charge is 0.352 e. The van der Waals surface area contributed by atoms with E-state index in [1.807, 2.05) is 7.05 Å². The van der Waals surface area contributed by atoms with Crippen LogP contribution < -0.4 is 10.2 Å². The number of aromatic nitrogens is 2. The molecular formula is C13H22N4. The predicted molar refractivity (Wildman–Crippen MR) is 70.1 cm³/mol. The lowest BCUT2D eigenvalue weighted by Gasteiger charge is -2.35. The fraction of sp³-hybridized carbons (Fsp3) is 0.692. The third kappa shape index (κ3) is 2.94. The second-order valence-electron chi connectivity index (χ2n) is 4.66. The van der Waals surface area contributed by atoms with Crippen molar-refractivity contribution >= 4 is 5.82 Å². The Morgan fingerprint density at radius 2 is 2.24 bits per heavy atom. The topological polar surface area (TPSA) is 41.0 Å². The fourth-order valence-electron chi connectivity index (χ4n) is 2.51. The molecule has 2 heterocycles. The molecule has 4 nitrogen and oxygen atoms in total. The number of nitrogens with one attached hydrogen (secondary N) is 1. The highest BCUT2D eigenvalue weighted by Gasteiger charge is 2.21. The molecule has 0 radical (unpaired) electrons. The first kappa shape index (κ1) is 12.3. The maximum atomic E-state index is 4.36. The minimum Gasteiger partial charge on any atom is -0.352 e. The summed E-state index contributed by atoms with van der Waals surface area (Å²) in [6.07, 6.45) is 5.10. The van der Waals surface area contributed by atoms with Crippen molar-refractivity contribution in [1.82, 2.24) is 15.5 Å². The van der Waals surface area contributed by atoms with Gasteiger partial charge in [0.15, 0.2) is 5.82 Å². The Morgan fingerprint density at radius 1 is 1.35 bits per heavy atom. The molecule has 1 saturated heterocycles. The van der Waals surface area contributed by atoms with Crippen LogP contribution in [0.2, 0.25) is 0 Å². The van der Waals surface area contributed by atoms with Gasteiger partial charge in [-0.05, 0) is 44.9 Å². The minimum atomic E-state index is 0.646. The summed E-state index contributed by atoms with van der Waals surface area (Å²) < 4.78 is 0. The van der Waals surface area contributed by atoms with E-state index >= 15 is 0 Å². The Balaban J connectivity index is 2.09. The third-order valence-electron chi connectivity index (χ3n) is 3.46. The second kappa shape index (κ2) is 5.96. The molecule has 4 heteroatoms. The summed E-state index contributed by atoms with van der Waals surface area (Å²) in [5, 5.41) is 11.7. The molecule has 0 amide bonds. The molecule has 1 aliphatic rings. The molecule has 0 aliphatic carbocycles. The van der Waals surface area contributed by atoms with Gasteiger partial charge in [-0.2, -0.15) is 5.10 Å². The highest BCUT2D eigenvalue weighted by molar-refractivity contribution is 5.39. The Hall–Kier alpha value is -1.16. The first-order valence-electron chi connectivity index (χ1n) is 6.59. The number of hydrogen-bond donors (Lipinski definition) is 1. The highest BCUT2D eigenvalue weighted by atomic mass is 15.3. The zero-order valence-corrected chi connectivity index (χ0v) is 10.8. The van der Waals surface area contributed by atoms with Gasteiger partial charge >= 0.3 is 0 Å². The summed E-state index contributed by atoms with van der Waals surface area (Å²) >= 11 is 0. The Bertz CT molecular complexity index is 336. The SMILES string of the molecule is CCC1CCCCN1c1ccc(CNC)nn1. The van der Waals surface area contributed by atoms with Gasteiger partial charge in [0.1, 0.15) is 0 Å². The summed E-state index contributed by atoms with van der Waals surface area (Å²) in [7, 11) is 1.92. The summed E-state index contributed by atoms with van der Waals surface area (Å²) in [5.74, 6) is 1.04. The van der Waals surface area contributed by atoms with Crippen LogP contribution in [0.25, 0.3) is 0 Å². The smallest absolute Gasteiger partial charge is 0.151 e. The van der Waals surface area contributed by atoms with Crippen molar-refractivity contribution < 1.29 is 0 Å². The van der Waals surface area contributed by atoms with Crippen LogP contribution in [0.4, 0.5) is 5.82 Å². The lowest BCUT2D eigenvalue weighted by molar-refractivity contribution is 0.445. The first-order valence-corrected chi connectivity index (χ1v) is 6.59. The van der Waals surface area contributed by atoms with Crippen LogP contribution in [0.15, 0.2) is 12.1 Å². The van der Waals surface area contributed by atoms with E-state index in [0.717, 1.165) is 24.6 Å². The van der Waals surface area contributed by atoms with E-state index in [1.165, 1.54) is 25.7 Å². The summed E-state index contributed by atoms with van der Waals surface area (Å²) in [6, 6.07) is 4.82. The number of nitrogens with zero attached hydrogens (tertiary/aromatic N) is 3. The van der Waals surface area contributed by atoms with Crippen molar-refractivity contribution in [3.05, 3.63) is 17.8 Å². The average Bonchev–Trinajstić information content (AvgIpc) is 2.40. The van der Waals surface area contributed by atoms with Crippen molar-refractivity contribution in [2.75, 3.05) is 18.5 Å². The zero-order valence-electron chi connectivity index (χ0n) is 10.8. The maximum Gasteiger partial charge on any atom is 0.151 e. The number of anilines is 1. The van der Waals surface area contributed by atoms with Gasteiger partial charge in [0.25, 0.3) is 0 Å². The number of piperidine rings is 1. The van der Waals surface area contributed by atoms with Gasteiger partial charge in [0, 0.05) is 19.1 Å².